The molecule has 0 saturated heterocycles. The molecule has 38 heavy (non-hydrogen) atoms. The molecule has 2 aromatic carbocycles. The van der Waals surface area contributed by atoms with Crippen LogP contribution in [-0.2, 0) is 6.54 Å². The fraction of sp³-hybridized carbons (Fsp3) is 0.533. The second kappa shape index (κ2) is 13.5. The first-order valence-electron chi connectivity index (χ1n) is 14.0. The van der Waals surface area contributed by atoms with Crippen molar-refractivity contribution in [1.29, 1.82) is 0 Å². The van der Waals surface area contributed by atoms with Gasteiger partial charge in [0.2, 0.25) is 5.95 Å². The number of nitrogens with zero attached hydrogens (tertiary/aromatic N) is 3. The monoisotopic (exact) mass is 521 g/mol. The van der Waals surface area contributed by atoms with Crippen LogP contribution in [0.3, 0.4) is 0 Å². The summed E-state index contributed by atoms with van der Waals surface area (Å²) in [5.74, 6) is 4.68. The summed E-state index contributed by atoms with van der Waals surface area (Å²) in [5, 5.41) is 8.36. The van der Waals surface area contributed by atoms with E-state index in [1.165, 1.54) is 12.8 Å². The first-order chi connectivity index (χ1) is 18.5. The minimum Gasteiger partial charge on any atom is -0.494 e. The van der Waals surface area contributed by atoms with Crippen molar-refractivity contribution in [3.05, 3.63) is 42.0 Å². The lowest BCUT2D eigenvalue weighted by molar-refractivity contribution is 0.278. The maximum Gasteiger partial charge on any atom is 0.225 e. The zero-order valence-corrected chi connectivity index (χ0v) is 23.5. The molecule has 2 N–H and O–H groups in total. The van der Waals surface area contributed by atoms with Gasteiger partial charge in [0, 0.05) is 43.7 Å². The molecule has 0 atom stereocenters. The Bertz CT molecular complexity index is 1180. The number of hydrogen-bond acceptors (Lipinski definition) is 8. The molecule has 1 aliphatic rings. The third-order valence-corrected chi connectivity index (χ3v) is 6.94. The van der Waals surface area contributed by atoms with Gasteiger partial charge in [0.15, 0.2) is 11.5 Å². The number of nitrogens with one attached hydrogen (secondary N) is 2. The number of anilines is 2. The maximum atomic E-state index is 5.97. The van der Waals surface area contributed by atoms with Crippen LogP contribution in [-0.4, -0.2) is 56.5 Å². The molecule has 0 spiro atoms. The number of aromatic nitrogens is 2. The molecule has 0 radical (unpaired) electrons. The first kappa shape index (κ1) is 27.8. The normalized spacial score (nSPS) is 17.3. The van der Waals surface area contributed by atoms with Crippen molar-refractivity contribution in [3.63, 3.8) is 0 Å². The van der Waals surface area contributed by atoms with Crippen LogP contribution in [0.15, 0.2) is 36.4 Å². The van der Waals surface area contributed by atoms with Crippen molar-refractivity contribution in [2.75, 3.05) is 50.7 Å². The summed E-state index contributed by atoms with van der Waals surface area (Å²) in [6.45, 7) is 9.46. The Balaban J connectivity index is 1.32. The smallest absolute Gasteiger partial charge is 0.225 e. The Morgan fingerprint density at radius 1 is 0.895 bits per heavy atom. The van der Waals surface area contributed by atoms with Gasteiger partial charge in [-0.05, 0) is 77.1 Å². The number of hydrogen-bond donors (Lipinski definition) is 2. The van der Waals surface area contributed by atoms with E-state index in [0.717, 1.165) is 64.9 Å². The highest BCUT2D eigenvalue weighted by Gasteiger charge is 2.23. The molecular weight excluding hydrogens is 478 g/mol. The fourth-order valence-electron chi connectivity index (χ4n) is 5.15. The Hall–Kier alpha value is -3.26. The Morgan fingerprint density at radius 2 is 1.63 bits per heavy atom. The zero-order valence-electron chi connectivity index (χ0n) is 23.5. The van der Waals surface area contributed by atoms with Crippen LogP contribution in [0.4, 0.5) is 11.8 Å². The van der Waals surface area contributed by atoms with E-state index in [4.69, 9.17) is 24.2 Å². The molecular formula is C30H43N5O3. The van der Waals surface area contributed by atoms with Crippen LogP contribution in [0.5, 0.6) is 17.2 Å². The van der Waals surface area contributed by atoms with Crippen LogP contribution in [0.2, 0.25) is 0 Å². The van der Waals surface area contributed by atoms with E-state index >= 15 is 0 Å². The number of benzene rings is 2. The Kier molecular flexibility index (Phi) is 9.87. The highest BCUT2D eigenvalue weighted by molar-refractivity contribution is 5.90. The third-order valence-electron chi connectivity index (χ3n) is 6.94. The zero-order chi connectivity index (χ0) is 26.9. The van der Waals surface area contributed by atoms with Gasteiger partial charge in [-0.3, -0.25) is 0 Å². The molecule has 8 heteroatoms. The van der Waals surface area contributed by atoms with Crippen LogP contribution in [0.1, 0.15) is 52.0 Å². The highest BCUT2D eigenvalue weighted by Crippen LogP contribution is 2.36. The fourth-order valence-corrected chi connectivity index (χ4v) is 5.15. The second-order valence-corrected chi connectivity index (χ2v) is 9.98. The van der Waals surface area contributed by atoms with Crippen LogP contribution in [0.25, 0.3) is 10.9 Å². The molecule has 1 saturated carbocycles. The van der Waals surface area contributed by atoms with E-state index in [1.54, 1.807) is 0 Å². The lowest BCUT2D eigenvalue weighted by Gasteiger charge is -2.29. The predicted molar refractivity (Wildman–Crippen MR) is 155 cm³/mol. The summed E-state index contributed by atoms with van der Waals surface area (Å²) < 4.78 is 17.6. The van der Waals surface area contributed by atoms with Gasteiger partial charge in [0.05, 0.1) is 25.3 Å². The molecule has 1 aromatic heterocycles. The number of fused-ring (bicyclic) bond motifs is 1. The van der Waals surface area contributed by atoms with Crippen molar-refractivity contribution in [1.82, 2.24) is 15.3 Å². The maximum absolute atomic E-state index is 5.97. The van der Waals surface area contributed by atoms with Gasteiger partial charge in [-0.1, -0.05) is 12.1 Å². The summed E-state index contributed by atoms with van der Waals surface area (Å²) in [6, 6.07) is 12.6. The Morgan fingerprint density at radius 3 is 2.34 bits per heavy atom. The van der Waals surface area contributed by atoms with Crippen molar-refractivity contribution < 1.29 is 14.2 Å². The van der Waals surface area contributed by atoms with Crippen molar-refractivity contribution in [3.8, 4) is 17.2 Å². The van der Waals surface area contributed by atoms with Gasteiger partial charge in [0.25, 0.3) is 0 Å². The number of rotatable bonds is 13. The molecule has 1 fully saturated rings. The minimum atomic E-state index is 0.392. The van der Waals surface area contributed by atoms with Crippen molar-refractivity contribution in [2.24, 2.45) is 5.92 Å². The molecule has 0 amide bonds. The van der Waals surface area contributed by atoms with E-state index in [2.05, 4.69) is 33.7 Å². The summed E-state index contributed by atoms with van der Waals surface area (Å²) >= 11 is 0. The number of para-hydroxylation sites is 1. The highest BCUT2D eigenvalue weighted by atomic mass is 16.5. The lowest BCUT2D eigenvalue weighted by atomic mass is 9.86. The standard InChI is InChI=1S/C30H43N5O3/c1-6-36-24-17-22(28(38-8-3)27(18-24)37-7-2)20-31-19-21-13-15-23(16-14-21)32-30-33-26-12-10-9-11-25(26)29(34-30)35(4)5/h9-12,17-18,21,23,31H,6-8,13-16,19-20H2,1-5H3,(H,32,33,34). The van der Waals surface area contributed by atoms with E-state index < -0.39 is 0 Å². The topological polar surface area (TPSA) is 80.8 Å². The molecule has 0 unspecified atom stereocenters. The van der Waals surface area contributed by atoms with Gasteiger partial charge in [-0.2, -0.15) is 4.98 Å². The van der Waals surface area contributed by atoms with Crippen LogP contribution in [0, 0.1) is 5.92 Å². The van der Waals surface area contributed by atoms with E-state index in [-0.39, 0.29) is 0 Å². The molecule has 206 valence electrons. The number of ether oxygens (including phenoxy) is 3. The van der Waals surface area contributed by atoms with Crippen LogP contribution < -0.4 is 29.7 Å². The molecule has 1 aliphatic carbocycles. The average Bonchev–Trinajstić information content (AvgIpc) is 2.91. The first-order valence-corrected chi connectivity index (χ1v) is 14.0. The largest absolute Gasteiger partial charge is 0.494 e. The molecule has 1 heterocycles. The SMILES string of the molecule is CCOc1cc(CNCC2CCC(Nc3nc(N(C)C)c4ccccc4n3)CC2)c(OCC)c(OCC)c1. The summed E-state index contributed by atoms with van der Waals surface area (Å²) in [4.78, 5) is 11.7. The van der Waals surface area contributed by atoms with Crippen molar-refractivity contribution in [2.45, 2.75) is 59.0 Å². The van der Waals surface area contributed by atoms with Gasteiger partial charge in [-0.25, -0.2) is 4.98 Å². The van der Waals surface area contributed by atoms with E-state index in [0.29, 0.717) is 38.3 Å². The summed E-state index contributed by atoms with van der Waals surface area (Å²) in [5.41, 5.74) is 2.04. The van der Waals surface area contributed by atoms with Crippen LogP contribution >= 0.6 is 0 Å². The third kappa shape index (κ3) is 6.98. The molecule has 0 bridgehead atoms. The van der Waals surface area contributed by atoms with Gasteiger partial charge < -0.3 is 29.7 Å². The predicted octanol–water partition coefficient (Wildman–Crippen LogP) is 5.65. The Labute approximate surface area is 227 Å². The second-order valence-electron chi connectivity index (χ2n) is 9.98. The van der Waals surface area contributed by atoms with E-state index in [9.17, 15) is 0 Å². The average molecular weight is 522 g/mol. The minimum absolute atomic E-state index is 0.392. The lowest BCUT2D eigenvalue weighted by Crippen LogP contribution is -2.31. The molecule has 4 rings (SSSR count). The van der Waals surface area contributed by atoms with Gasteiger partial charge in [0.1, 0.15) is 11.6 Å². The molecule has 3 aromatic rings. The quantitative estimate of drug-likeness (QED) is 0.299. The summed E-state index contributed by atoms with van der Waals surface area (Å²) in [7, 11) is 4.05. The van der Waals surface area contributed by atoms with Gasteiger partial charge >= 0.3 is 0 Å². The van der Waals surface area contributed by atoms with Gasteiger partial charge in [-0.15, -0.1) is 0 Å². The van der Waals surface area contributed by atoms with Crippen molar-refractivity contribution >= 4 is 22.7 Å². The molecule has 8 nitrogen and oxygen atoms in total. The summed E-state index contributed by atoms with van der Waals surface area (Å²) in [6.07, 6.45) is 4.55. The molecule has 0 aliphatic heterocycles. The van der Waals surface area contributed by atoms with E-state index in [1.807, 2.05) is 53.1 Å².